The quantitative estimate of drug-likeness (QED) is 0.889. The zero-order valence-corrected chi connectivity index (χ0v) is 12.3. The summed E-state index contributed by atoms with van der Waals surface area (Å²) >= 11 is 11.9. The number of hydrogen-bond donors (Lipinski definition) is 2. The molecule has 0 aliphatic heterocycles. The Bertz CT molecular complexity index is 407. The van der Waals surface area contributed by atoms with Crippen molar-refractivity contribution >= 4 is 34.8 Å². The minimum absolute atomic E-state index is 0.141. The van der Waals surface area contributed by atoms with E-state index < -0.39 is 0 Å². The Morgan fingerprint density at radius 1 is 1.22 bits per heavy atom. The Hall–Kier alpha value is -0.770. The number of nitrogens with one attached hydrogen (secondary N) is 2. The smallest absolute Gasteiger partial charge is 0.238 e. The minimum atomic E-state index is -0.158. The number of para-hydroxylation sites is 1. The van der Waals surface area contributed by atoms with E-state index in [4.69, 9.17) is 23.2 Å². The summed E-state index contributed by atoms with van der Waals surface area (Å²) in [6, 6.07) is 5.11. The summed E-state index contributed by atoms with van der Waals surface area (Å²) in [5, 5.41) is 6.66. The molecule has 0 saturated heterocycles. The molecule has 0 radical (unpaired) electrons. The van der Waals surface area contributed by atoms with Crippen LogP contribution in [-0.2, 0) is 4.79 Å². The van der Waals surface area contributed by atoms with Crippen LogP contribution in [0.2, 0.25) is 10.0 Å². The third kappa shape index (κ3) is 5.25. The molecule has 18 heavy (non-hydrogen) atoms. The fourth-order valence-electron chi connectivity index (χ4n) is 1.35. The van der Waals surface area contributed by atoms with Gasteiger partial charge in [-0.25, -0.2) is 0 Å². The molecule has 0 bridgehead atoms. The van der Waals surface area contributed by atoms with Crippen LogP contribution in [0.3, 0.4) is 0 Å². The predicted molar refractivity (Wildman–Crippen MR) is 77.4 cm³/mol. The first-order valence-electron chi connectivity index (χ1n) is 5.74. The number of amides is 1. The van der Waals surface area contributed by atoms with E-state index in [-0.39, 0.29) is 17.9 Å². The van der Waals surface area contributed by atoms with Crippen LogP contribution in [0.15, 0.2) is 18.2 Å². The zero-order chi connectivity index (χ0) is 13.8. The van der Waals surface area contributed by atoms with Gasteiger partial charge >= 0.3 is 0 Å². The molecule has 0 aromatic heterocycles. The van der Waals surface area contributed by atoms with Crippen LogP contribution in [0, 0.1) is 5.41 Å². The molecule has 0 unspecified atom stereocenters. The molecule has 0 aliphatic carbocycles. The van der Waals surface area contributed by atoms with Crippen LogP contribution < -0.4 is 10.6 Å². The molecule has 2 N–H and O–H groups in total. The minimum Gasteiger partial charge on any atom is -0.322 e. The molecular formula is C13H18Cl2N2O. The fourth-order valence-corrected chi connectivity index (χ4v) is 1.84. The zero-order valence-electron chi connectivity index (χ0n) is 10.8. The molecule has 0 atom stereocenters. The maximum absolute atomic E-state index is 11.7. The lowest BCUT2D eigenvalue weighted by Crippen LogP contribution is -2.34. The molecular weight excluding hydrogens is 271 g/mol. The topological polar surface area (TPSA) is 41.1 Å². The van der Waals surface area contributed by atoms with Crippen LogP contribution in [0.1, 0.15) is 20.8 Å². The van der Waals surface area contributed by atoms with E-state index in [0.717, 1.165) is 6.54 Å². The van der Waals surface area contributed by atoms with E-state index in [2.05, 4.69) is 31.4 Å². The van der Waals surface area contributed by atoms with Gasteiger partial charge in [0.1, 0.15) is 0 Å². The van der Waals surface area contributed by atoms with Gasteiger partial charge in [-0.3, -0.25) is 4.79 Å². The average Bonchev–Trinajstić information content (AvgIpc) is 2.22. The van der Waals surface area contributed by atoms with Gasteiger partial charge in [0.2, 0.25) is 5.91 Å². The fraction of sp³-hybridized carbons (Fsp3) is 0.462. The Kier molecular flexibility index (Phi) is 5.45. The number of hydrogen-bond acceptors (Lipinski definition) is 2. The number of halogens is 2. The SMILES string of the molecule is CC(C)(C)CNCC(=O)Nc1c(Cl)cccc1Cl. The highest BCUT2D eigenvalue weighted by molar-refractivity contribution is 6.39. The second-order valence-electron chi connectivity index (χ2n) is 5.31. The van der Waals surface area contributed by atoms with Gasteiger partial charge in [0.25, 0.3) is 0 Å². The van der Waals surface area contributed by atoms with Crippen LogP contribution in [0.25, 0.3) is 0 Å². The molecule has 1 aromatic carbocycles. The summed E-state index contributed by atoms with van der Waals surface area (Å²) in [6.07, 6.45) is 0. The van der Waals surface area contributed by atoms with Gasteiger partial charge in [0.05, 0.1) is 22.3 Å². The Morgan fingerprint density at radius 3 is 2.28 bits per heavy atom. The van der Waals surface area contributed by atoms with Crippen molar-refractivity contribution in [1.82, 2.24) is 5.32 Å². The third-order valence-corrected chi connectivity index (χ3v) is 2.80. The second kappa shape index (κ2) is 6.41. The van der Waals surface area contributed by atoms with Crippen LogP contribution in [0.5, 0.6) is 0 Å². The molecule has 0 heterocycles. The highest BCUT2D eigenvalue weighted by atomic mass is 35.5. The van der Waals surface area contributed by atoms with Gasteiger partial charge in [-0.1, -0.05) is 50.0 Å². The lowest BCUT2D eigenvalue weighted by atomic mass is 9.97. The first-order chi connectivity index (χ1) is 8.29. The van der Waals surface area contributed by atoms with Crippen molar-refractivity contribution in [3.8, 4) is 0 Å². The normalized spacial score (nSPS) is 11.4. The van der Waals surface area contributed by atoms with Crippen molar-refractivity contribution in [2.75, 3.05) is 18.4 Å². The summed E-state index contributed by atoms with van der Waals surface area (Å²) < 4.78 is 0. The molecule has 100 valence electrons. The van der Waals surface area contributed by atoms with Crippen molar-refractivity contribution in [2.45, 2.75) is 20.8 Å². The Labute approximate surface area is 118 Å². The Morgan fingerprint density at radius 2 is 1.78 bits per heavy atom. The van der Waals surface area contributed by atoms with Gasteiger partial charge in [-0.05, 0) is 17.5 Å². The van der Waals surface area contributed by atoms with E-state index >= 15 is 0 Å². The summed E-state index contributed by atoms with van der Waals surface area (Å²) in [5.74, 6) is -0.158. The van der Waals surface area contributed by atoms with Crippen molar-refractivity contribution < 1.29 is 4.79 Å². The third-order valence-electron chi connectivity index (χ3n) is 2.17. The molecule has 0 saturated carbocycles. The second-order valence-corrected chi connectivity index (χ2v) is 6.12. The predicted octanol–water partition coefficient (Wildman–Crippen LogP) is 3.57. The molecule has 1 amide bonds. The Balaban J connectivity index is 2.50. The lowest BCUT2D eigenvalue weighted by molar-refractivity contribution is -0.115. The largest absolute Gasteiger partial charge is 0.322 e. The van der Waals surface area contributed by atoms with Gasteiger partial charge in [0, 0.05) is 6.54 Å². The maximum Gasteiger partial charge on any atom is 0.238 e. The highest BCUT2D eigenvalue weighted by Crippen LogP contribution is 2.29. The van der Waals surface area contributed by atoms with E-state index in [1.54, 1.807) is 18.2 Å². The highest BCUT2D eigenvalue weighted by Gasteiger charge is 2.12. The number of rotatable bonds is 4. The molecule has 1 aromatic rings. The number of carbonyl (C=O) groups excluding carboxylic acids is 1. The molecule has 3 nitrogen and oxygen atoms in total. The first kappa shape index (κ1) is 15.3. The van der Waals surface area contributed by atoms with Crippen LogP contribution in [-0.4, -0.2) is 19.0 Å². The molecule has 0 aliphatic rings. The van der Waals surface area contributed by atoms with E-state index in [1.807, 2.05) is 0 Å². The van der Waals surface area contributed by atoms with E-state index in [1.165, 1.54) is 0 Å². The number of carbonyl (C=O) groups is 1. The molecule has 0 spiro atoms. The summed E-state index contributed by atoms with van der Waals surface area (Å²) in [4.78, 5) is 11.7. The summed E-state index contributed by atoms with van der Waals surface area (Å²) in [5.41, 5.74) is 0.603. The van der Waals surface area contributed by atoms with Crippen molar-refractivity contribution in [1.29, 1.82) is 0 Å². The van der Waals surface area contributed by atoms with Gasteiger partial charge < -0.3 is 10.6 Å². The summed E-state index contributed by atoms with van der Waals surface area (Å²) in [6.45, 7) is 7.30. The standard InChI is InChI=1S/C13H18Cl2N2O/c1-13(2,3)8-16-7-11(18)17-12-9(14)5-4-6-10(12)15/h4-6,16H,7-8H2,1-3H3,(H,17,18). The molecule has 1 rings (SSSR count). The van der Waals surface area contributed by atoms with Gasteiger partial charge in [-0.15, -0.1) is 0 Å². The number of anilines is 1. The van der Waals surface area contributed by atoms with Crippen LogP contribution in [0.4, 0.5) is 5.69 Å². The molecule has 5 heteroatoms. The van der Waals surface area contributed by atoms with E-state index in [9.17, 15) is 4.79 Å². The van der Waals surface area contributed by atoms with E-state index in [0.29, 0.717) is 15.7 Å². The van der Waals surface area contributed by atoms with Crippen molar-refractivity contribution in [2.24, 2.45) is 5.41 Å². The van der Waals surface area contributed by atoms with Crippen LogP contribution >= 0.6 is 23.2 Å². The average molecular weight is 289 g/mol. The maximum atomic E-state index is 11.7. The lowest BCUT2D eigenvalue weighted by Gasteiger charge is -2.18. The first-order valence-corrected chi connectivity index (χ1v) is 6.50. The number of benzene rings is 1. The van der Waals surface area contributed by atoms with Crippen molar-refractivity contribution in [3.63, 3.8) is 0 Å². The monoisotopic (exact) mass is 288 g/mol. The van der Waals surface area contributed by atoms with Crippen molar-refractivity contribution in [3.05, 3.63) is 28.2 Å². The molecule has 0 fully saturated rings. The summed E-state index contributed by atoms with van der Waals surface area (Å²) in [7, 11) is 0. The van der Waals surface area contributed by atoms with Gasteiger partial charge in [0.15, 0.2) is 0 Å². The van der Waals surface area contributed by atoms with Gasteiger partial charge in [-0.2, -0.15) is 0 Å².